The van der Waals surface area contributed by atoms with E-state index in [1.807, 2.05) is 0 Å². The fourth-order valence-corrected chi connectivity index (χ4v) is 0.421. The Hall–Kier alpha value is -0.334. The lowest BCUT2D eigenvalue weighted by molar-refractivity contribution is -0.138. The van der Waals surface area contributed by atoms with Gasteiger partial charge in [-0.2, -0.15) is 0 Å². The lowest BCUT2D eigenvalue weighted by Crippen LogP contribution is -2.31. The molecule has 1 atom stereocenters. The number of nitrogens with two attached hydrogens (primary N) is 2. The van der Waals surface area contributed by atoms with Crippen LogP contribution in [0.25, 0.3) is 0 Å². The average Bonchev–Trinajstić information content (AvgIpc) is 1.82. The average molecular weight is 172 g/mol. The Morgan fingerprint density at radius 3 is 2.18 bits per heavy atom. The van der Waals surface area contributed by atoms with E-state index < -0.39 is 17.9 Å². The van der Waals surface area contributed by atoms with Crippen molar-refractivity contribution in [3.05, 3.63) is 0 Å². The van der Waals surface area contributed by atoms with Crippen molar-refractivity contribution < 1.29 is 14.7 Å². The van der Waals surface area contributed by atoms with Crippen LogP contribution in [-0.4, -0.2) is 46.1 Å². The molecular weight excluding hydrogens is 160 g/mol. The smallest absolute Gasteiger partial charge is 0.320 e. The van der Waals surface area contributed by atoms with Crippen molar-refractivity contribution in [3.63, 3.8) is 0 Å². The third kappa shape index (κ3) is 7.56. The highest BCUT2D eigenvalue weighted by Gasteiger charge is 2.11. The summed E-state index contributed by atoms with van der Waals surface area (Å²) in [4.78, 5) is 20.1. The number of rotatable bonds is 4. The van der Waals surface area contributed by atoms with Gasteiger partial charge in [-0.1, -0.05) is 0 Å². The molecule has 0 aromatic carbocycles. The summed E-state index contributed by atoms with van der Waals surface area (Å²) in [6, 6.07) is -0.979. The zero-order valence-electron chi connectivity index (χ0n) is 5.41. The molecule has 0 radical (unpaired) electrons. The summed E-state index contributed by atoms with van der Waals surface area (Å²) in [7, 11) is 0. The Morgan fingerprint density at radius 2 is 1.91 bits per heavy atom. The monoisotopic (exact) mass is 172 g/mol. The maximum Gasteiger partial charge on any atom is 0.320 e. The van der Waals surface area contributed by atoms with Crippen LogP contribution in [0.5, 0.6) is 0 Å². The first-order valence-electron chi connectivity index (χ1n) is 2.80. The van der Waals surface area contributed by atoms with Crippen LogP contribution in [-0.2, 0) is 9.59 Å². The van der Waals surface area contributed by atoms with Crippen LogP contribution in [0.15, 0.2) is 0 Å². The third-order valence-corrected chi connectivity index (χ3v) is 1.02. The van der Waals surface area contributed by atoms with Crippen molar-refractivity contribution in [2.45, 2.75) is 18.9 Å². The van der Waals surface area contributed by atoms with E-state index in [2.05, 4.69) is 0 Å². The summed E-state index contributed by atoms with van der Waals surface area (Å²) in [5.74, 6) is -1.64. The van der Waals surface area contributed by atoms with Crippen molar-refractivity contribution in [1.29, 1.82) is 0 Å². The highest BCUT2D eigenvalue weighted by Crippen LogP contribution is 1.92. The molecule has 0 bridgehead atoms. The van der Waals surface area contributed by atoms with Gasteiger partial charge >= 0.3 is 29.0 Å². The first-order chi connectivity index (χ1) is 4.54. The summed E-state index contributed by atoms with van der Waals surface area (Å²) in [5.41, 5.74) is 9.81. The van der Waals surface area contributed by atoms with Crippen LogP contribution in [0.2, 0.25) is 0 Å². The molecule has 6 heteroatoms. The fraction of sp³-hybridized carbons (Fsp3) is 0.600. The number of hydrogen-bond donors (Lipinski definition) is 3. The third-order valence-electron chi connectivity index (χ3n) is 1.02. The summed E-state index contributed by atoms with van der Waals surface area (Å²) in [6.07, 6.45) is 0.123. The van der Waals surface area contributed by atoms with Gasteiger partial charge in [-0.25, -0.2) is 0 Å². The molecular formula is C5H12MgN2O3. The van der Waals surface area contributed by atoms with Gasteiger partial charge in [-0.3, -0.25) is 9.59 Å². The van der Waals surface area contributed by atoms with E-state index in [9.17, 15) is 9.59 Å². The molecule has 0 heterocycles. The highest BCUT2D eigenvalue weighted by atomic mass is 24.3. The van der Waals surface area contributed by atoms with Crippen LogP contribution < -0.4 is 11.5 Å². The maximum absolute atomic E-state index is 10.1. The predicted molar refractivity (Wildman–Crippen MR) is 42.6 cm³/mol. The summed E-state index contributed by atoms with van der Waals surface area (Å²) in [5, 5.41) is 8.22. The minimum atomic E-state index is -1.11. The molecule has 0 saturated carbocycles. The molecule has 0 aliphatic rings. The van der Waals surface area contributed by atoms with Gasteiger partial charge in [0.1, 0.15) is 6.04 Å². The van der Waals surface area contributed by atoms with Gasteiger partial charge in [0.05, 0.1) is 0 Å². The number of carboxylic acid groups (broad SMARTS) is 1. The molecule has 0 rings (SSSR count). The molecule has 0 aromatic heterocycles. The zero-order valence-corrected chi connectivity index (χ0v) is 5.41. The molecule has 62 valence electrons. The molecule has 0 aromatic rings. The number of primary amides is 1. The van der Waals surface area contributed by atoms with Gasteiger partial charge in [0.15, 0.2) is 0 Å². The second-order valence-corrected chi connectivity index (χ2v) is 1.95. The molecule has 1 unspecified atom stereocenters. The Kier molecular flexibility index (Phi) is 7.70. The SMILES string of the molecule is NC(=O)CCC(N)C(=O)O.[MgH2]. The van der Waals surface area contributed by atoms with E-state index in [0.717, 1.165) is 0 Å². The van der Waals surface area contributed by atoms with Crippen molar-refractivity contribution in [2.75, 3.05) is 0 Å². The fourth-order valence-electron chi connectivity index (χ4n) is 0.421. The maximum atomic E-state index is 10.1. The van der Waals surface area contributed by atoms with Crippen LogP contribution in [0, 0.1) is 0 Å². The van der Waals surface area contributed by atoms with E-state index in [1.54, 1.807) is 0 Å². The van der Waals surface area contributed by atoms with Crippen molar-refractivity contribution in [2.24, 2.45) is 11.5 Å². The van der Waals surface area contributed by atoms with Crippen molar-refractivity contribution in [3.8, 4) is 0 Å². The minimum Gasteiger partial charge on any atom is -0.480 e. The standard InChI is InChI=1S/C5H10N2O3.Mg.2H/c6-3(5(9)10)1-2-4(7)8;;;/h3H,1-2,6H2,(H2,7,8)(H,9,10);;;. The van der Waals surface area contributed by atoms with Gasteiger partial charge in [0.2, 0.25) is 5.91 Å². The van der Waals surface area contributed by atoms with Crippen LogP contribution in [0.1, 0.15) is 12.8 Å². The van der Waals surface area contributed by atoms with Crippen LogP contribution >= 0.6 is 0 Å². The van der Waals surface area contributed by atoms with Gasteiger partial charge < -0.3 is 16.6 Å². The lowest BCUT2D eigenvalue weighted by Gasteiger charge is -2.01. The summed E-state index contributed by atoms with van der Waals surface area (Å²) < 4.78 is 0. The largest absolute Gasteiger partial charge is 0.480 e. The van der Waals surface area contributed by atoms with Crippen molar-refractivity contribution >= 4 is 34.9 Å². The zero-order chi connectivity index (χ0) is 8.15. The molecule has 0 fully saturated rings. The summed E-state index contributed by atoms with van der Waals surface area (Å²) >= 11 is 0. The van der Waals surface area contributed by atoms with Gasteiger partial charge in [0, 0.05) is 6.42 Å². The molecule has 0 aliphatic heterocycles. The number of amides is 1. The van der Waals surface area contributed by atoms with E-state index in [1.165, 1.54) is 0 Å². The Balaban J connectivity index is 0. The van der Waals surface area contributed by atoms with Gasteiger partial charge in [0.25, 0.3) is 0 Å². The topological polar surface area (TPSA) is 106 Å². The number of hydrogen-bond acceptors (Lipinski definition) is 3. The Bertz CT molecular complexity index is 151. The summed E-state index contributed by atoms with van der Waals surface area (Å²) in [6.45, 7) is 0. The second-order valence-electron chi connectivity index (χ2n) is 1.95. The first-order valence-corrected chi connectivity index (χ1v) is 2.80. The molecule has 0 aliphatic carbocycles. The van der Waals surface area contributed by atoms with E-state index in [-0.39, 0.29) is 35.9 Å². The first kappa shape index (κ1) is 13.3. The van der Waals surface area contributed by atoms with Gasteiger partial charge in [-0.05, 0) is 6.42 Å². The molecule has 5 nitrogen and oxygen atoms in total. The quantitative estimate of drug-likeness (QED) is 0.416. The molecule has 0 saturated heterocycles. The van der Waals surface area contributed by atoms with Gasteiger partial charge in [-0.15, -0.1) is 0 Å². The molecule has 0 spiro atoms. The number of carbonyl (C=O) groups is 2. The number of carbonyl (C=O) groups excluding carboxylic acids is 1. The van der Waals surface area contributed by atoms with E-state index in [4.69, 9.17) is 16.6 Å². The number of aliphatic carboxylic acids is 1. The normalized spacial score (nSPS) is 11.4. The molecule has 5 N–H and O–H groups in total. The Labute approximate surface area is 80.3 Å². The minimum absolute atomic E-state index is 0. The highest BCUT2D eigenvalue weighted by molar-refractivity contribution is 5.77. The molecule has 1 amide bonds. The predicted octanol–water partition coefficient (Wildman–Crippen LogP) is -2.25. The van der Waals surface area contributed by atoms with E-state index >= 15 is 0 Å². The lowest BCUT2D eigenvalue weighted by atomic mass is 10.2. The Morgan fingerprint density at radius 1 is 1.45 bits per heavy atom. The second kappa shape index (κ2) is 6.38. The van der Waals surface area contributed by atoms with Crippen molar-refractivity contribution in [1.82, 2.24) is 0 Å². The van der Waals surface area contributed by atoms with Crippen LogP contribution in [0.4, 0.5) is 0 Å². The number of carboxylic acids is 1. The van der Waals surface area contributed by atoms with Crippen LogP contribution in [0.3, 0.4) is 0 Å². The van der Waals surface area contributed by atoms with E-state index in [0.29, 0.717) is 0 Å². The molecule has 11 heavy (non-hydrogen) atoms.